The van der Waals surface area contributed by atoms with Gasteiger partial charge in [0.1, 0.15) is 6.04 Å². The van der Waals surface area contributed by atoms with Crippen molar-refractivity contribution in [1.29, 1.82) is 0 Å². The molecule has 108 valence electrons. The first-order valence-electron chi connectivity index (χ1n) is 7.01. The maximum absolute atomic E-state index is 12.0. The van der Waals surface area contributed by atoms with Gasteiger partial charge in [-0.25, -0.2) is 0 Å². The van der Waals surface area contributed by atoms with Crippen LogP contribution < -0.4 is 16.0 Å². The zero-order chi connectivity index (χ0) is 14.5. The third kappa shape index (κ3) is 3.29. The average Bonchev–Trinajstić information content (AvgIpc) is 2.82. The molecule has 3 N–H and O–H groups in total. The highest BCUT2D eigenvalue weighted by atomic mass is 16.2. The molecule has 20 heavy (non-hydrogen) atoms. The summed E-state index contributed by atoms with van der Waals surface area (Å²) in [6.07, 6.45) is 0.397. The molecule has 2 amide bonds. The normalized spacial score (nSPS) is 17.8. The Hall–Kier alpha value is -2.04. The van der Waals surface area contributed by atoms with E-state index in [4.69, 9.17) is 0 Å². The van der Waals surface area contributed by atoms with Crippen LogP contribution in [0.25, 0.3) is 0 Å². The molecule has 0 saturated carbocycles. The van der Waals surface area contributed by atoms with Crippen LogP contribution in [0.2, 0.25) is 0 Å². The lowest BCUT2D eigenvalue weighted by atomic mass is 9.97. The molecule has 5 heteroatoms. The molecule has 1 aliphatic heterocycles. The van der Waals surface area contributed by atoms with Gasteiger partial charge in [-0.15, -0.1) is 0 Å². The minimum absolute atomic E-state index is 0.0905. The number of fused-ring (bicyclic) bond motifs is 1. The third-order valence-corrected chi connectivity index (χ3v) is 3.49. The SMILES string of the molecule is CCNC(=O)C(C)NC(=O)CC1CNc2ccccc21. The predicted octanol–water partition coefficient (Wildman–Crippen LogP) is 1.23. The fourth-order valence-electron chi connectivity index (χ4n) is 2.46. The van der Waals surface area contributed by atoms with Crippen LogP contribution in [0.15, 0.2) is 24.3 Å². The molecule has 1 aromatic carbocycles. The predicted molar refractivity (Wildman–Crippen MR) is 78.6 cm³/mol. The summed E-state index contributed by atoms with van der Waals surface area (Å²) in [6, 6.07) is 7.52. The zero-order valence-electron chi connectivity index (χ0n) is 11.9. The van der Waals surface area contributed by atoms with E-state index in [0.29, 0.717) is 13.0 Å². The van der Waals surface area contributed by atoms with Crippen molar-refractivity contribution in [3.05, 3.63) is 29.8 Å². The van der Waals surface area contributed by atoms with E-state index in [1.165, 1.54) is 5.56 Å². The molecular weight excluding hydrogens is 254 g/mol. The van der Waals surface area contributed by atoms with Gasteiger partial charge in [0.15, 0.2) is 0 Å². The summed E-state index contributed by atoms with van der Waals surface area (Å²) in [6.45, 7) is 4.89. The first-order chi connectivity index (χ1) is 9.61. The van der Waals surface area contributed by atoms with Crippen molar-refractivity contribution in [2.24, 2.45) is 0 Å². The molecule has 0 radical (unpaired) electrons. The van der Waals surface area contributed by atoms with Gasteiger partial charge < -0.3 is 16.0 Å². The summed E-state index contributed by atoms with van der Waals surface area (Å²) < 4.78 is 0. The number of nitrogens with one attached hydrogen (secondary N) is 3. The van der Waals surface area contributed by atoms with E-state index in [-0.39, 0.29) is 17.7 Å². The van der Waals surface area contributed by atoms with E-state index < -0.39 is 6.04 Å². The van der Waals surface area contributed by atoms with Crippen molar-refractivity contribution >= 4 is 17.5 Å². The number of hydrogen-bond acceptors (Lipinski definition) is 3. The Bertz CT molecular complexity index is 502. The molecule has 0 spiro atoms. The molecule has 0 aromatic heterocycles. The largest absolute Gasteiger partial charge is 0.384 e. The van der Waals surface area contributed by atoms with E-state index in [0.717, 1.165) is 12.2 Å². The first-order valence-corrected chi connectivity index (χ1v) is 7.01. The lowest BCUT2D eigenvalue weighted by molar-refractivity contribution is -0.128. The van der Waals surface area contributed by atoms with Gasteiger partial charge >= 0.3 is 0 Å². The van der Waals surface area contributed by atoms with Crippen LogP contribution in [-0.2, 0) is 9.59 Å². The van der Waals surface area contributed by atoms with Crippen molar-refractivity contribution < 1.29 is 9.59 Å². The summed E-state index contributed by atoms with van der Waals surface area (Å²) in [5, 5.41) is 8.73. The Morgan fingerprint density at radius 3 is 2.90 bits per heavy atom. The van der Waals surface area contributed by atoms with Crippen LogP contribution in [0.3, 0.4) is 0 Å². The van der Waals surface area contributed by atoms with E-state index >= 15 is 0 Å². The Labute approximate surface area is 119 Å². The minimum atomic E-state index is -0.493. The summed E-state index contributed by atoms with van der Waals surface area (Å²) in [5.41, 5.74) is 2.27. The van der Waals surface area contributed by atoms with E-state index in [1.54, 1.807) is 6.92 Å². The van der Waals surface area contributed by atoms with Crippen molar-refractivity contribution in [3.8, 4) is 0 Å². The maximum atomic E-state index is 12.0. The second-order valence-electron chi connectivity index (χ2n) is 5.05. The van der Waals surface area contributed by atoms with Crippen molar-refractivity contribution in [3.63, 3.8) is 0 Å². The fraction of sp³-hybridized carbons (Fsp3) is 0.467. The summed E-state index contributed by atoms with van der Waals surface area (Å²) >= 11 is 0. The second-order valence-corrected chi connectivity index (χ2v) is 5.05. The third-order valence-electron chi connectivity index (χ3n) is 3.49. The average molecular weight is 275 g/mol. The molecule has 1 heterocycles. The number of rotatable bonds is 5. The standard InChI is InChI=1S/C15H21N3O2/c1-3-16-15(20)10(2)18-14(19)8-11-9-17-13-7-5-4-6-12(11)13/h4-7,10-11,17H,3,8-9H2,1-2H3,(H,16,20)(H,18,19). The van der Waals surface area contributed by atoms with Crippen LogP contribution in [0.1, 0.15) is 31.7 Å². The van der Waals surface area contributed by atoms with Crippen LogP contribution in [-0.4, -0.2) is 30.9 Å². The topological polar surface area (TPSA) is 70.2 Å². The number of amides is 2. The van der Waals surface area contributed by atoms with Crippen molar-refractivity contribution in [2.75, 3.05) is 18.4 Å². The van der Waals surface area contributed by atoms with Gasteiger partial charge in [-0.1, -0.05) is 18.2 Å². The first kappa shape index (κ1) is 14.4. The molecular formula is C15H21N3O2. The summed E-state index contributed by atoms with van der Waals surface area (Å²) in [7, 11) is 0. The summed E-state index contributed by atoms with van der Waals surface area (Å²) in [4.78, 5) is 23.6. The lowest BCUT2D eigenvalue weighted by Gasteiger charge is -2.15. The van der Waals surface area contributed by atoms with Crippen molar-refractivity contribution in [1.82, 2.24) is 10.6 Å². The van der Waals surface area contributed by atoms with E-state index in [9.17, 15) is 9.59 Å². The van der Waals surface area contributed by atoms with Gasteiger partial charge in [0.2, 0.25) is 11.8 Å². The highest BCUT2D eigenvalue weighted by Crippen LogP contribution is 2.32. The second kappa shape index (κ2) is 6.41. The van der Waals surface area contributed by atoms with Gasteiger partial charge in [-0.3, -0.25) is 9.59 Å². The van der Waals surface area contributed by atoms with E-state index in [1.807, 2.05) is 31.2 Å². The smallest absolute Gasteiger partial charge is 0.242 e. The maximum Gasteiger partial charge on any atom is 0.242 e. The number of anilines is 1. The number of hydrogen-bond donors (Lipinski definition) is 3. The Balaban J connectivity index is 1.88. The highest BCUT2D eigenvalue weighted by Gasteiger charge is 2.25. The van der Waals surface area contributed by atoms with Gasteiger partial charge in [-0.2, -0.15) is 0 Å². The zero-order valence-corrected chi connectivity index (χ0v) is 11.9. The van der Waals surface area contributed by atoms with Crippen LogP contribution in [0, 0.1) is 0 Å². The van der Waals surface area contributed by atoms with Crippen molar-refractivity contribution in [2.45, 2.75) is 32.2 Å². The number of carbonyl (C=O) groups excluding carboxylic acids is 2. The molecule has 1 aliphatic rings. The number of benzene rings is 1. The Kier molecular flexibility index (Phi) is 4.61. The van der Waals surface area contributed by atoms with Gasteiger partial charge in [-0.05, 0) is 25.5 Å². The lowest BCUT2D eigenvalue weighted by Crippen LogP contribution is -2.45. The molecule has 2 rings (SSSR count). The molecule has 2 unspecified atom stereocenters. The molecule has 0 bridgehead atoms. The highest BCUT2D eigenvalue weighted by molar-refractivity contribution is 5.87. The minimum Gasteiger partial charge on any atom is -0.384 e. The van der Waals surface area contributed by atoms with Gasteiger partial charge in [0, 0.05) is 31.1 Å². The number of carbonyl (C=O) groups is 2. The quantitative estimate of drug-likeness (QED) is 0.757. The Morgan fingerprint density at radius 1 is 1.40 bits per heavy atom. The van der Waals surface area contributed by atoms with Crippen LogP contribution in [0.4, 0.5) is 5.69 Å². The summed E-state index contributed by atoms with van der Waals surface area (Å²) in [5.74, 6) is -0.0642. The van der Waals surface area contributed by atoms with Gasteiger partial charge in [0.05, 0.1) is 0 Å². The Morgan fingerprint density at radius 2 is 2.15 bits per heavy atom. The molecule has 0 aliphatic carbocycles. The van der Waals surface area contributed by atoms with Crippen LogP contribution in [0.5, 0.6) is 0 Å². The molecule has 5 nitrogen and oxygen atoms in total. The number of likely N-dealkylation sites (N-methyl/N-ethyl adjacent to an activating group) is 1. The molecule has 2 atom stereocenters. The molecule has 0 saturated heterocycles. The molecule has 0 fully saturated rings. The number of para-hydroxylation sites is 1. The van der Waals surface area contributed by atoms with Gasteiger partial charge in [0.25, 0.3) is 0 Å². The van der Waals surface area contributed by atoms with Crippen LogP contribution >= 0.6 is 0 Å². The molecule has 1 aromatic rings. The van der Waals surface area contributed by atoms with E-state index in [2.05, 4.69) is 16.0 Å². The monoisotopic (exact) mass is 275 g/mol. The fourth-order valence-corrected chi connectivity index (χ4v) is 2.46.